The molecule has 0 saturated heterocycles. The van der Waals surface area contributed by atoms with Crippen LogP contribution in [0.5, 0.6) is 0 Å². The molecule has 0 spiro atoms. The molecule has 0 saturated carbocycles. The number of hydrogen-bond donors (Lipinski definition) is 0. The lowest BCUT2D eigenvalue weighted by Gasteiger charge is -2.28. The topological polar surface area (TPSA) is 42.6 Å². The molecule has 0 unspecified atom stereocenters. The molecule has 5 nitrogen and oxygen atoms in total. The number of hydrogen-bond acceptors (Lipinski definition) is 4. The highest BCUT2D eigenvalue weighted by atomic mass is 19.4. The first-order valence-electron chi connectivity index (χ1n) is 8.62. The third-order valence-corrected chi connectivity index (χ3v) is 4.43. The Morgan fingerprint density at radius 1 is 1.07 bits per heavy atom. The van der Waals surface area contributed by atoms with Crippen LogP contribution in [0.1, 0.15) is 11.4 Å². The summed E-state index contributed by atoms with van der Waals surface area (Å²) in [6.45, 7) is 0.751. The number of halogens is 3. The zero-order valence-corrected chi connectivity index (χ0v) is 15.0. The van der Waals surface area contributed by atoms with Crippen LogP contribution in [-0.4, -0.2) is 29.2 Å². The van der Waals surface area contributed by atoms with Gasteiger partial charge in [0.1, 0.15) is 12.4 Å². The number of aliphatic imine (C=N–C) groups is 1. The van der Waals surface area contributed by atoms with Crippen LogP contribution in [0.25, 0.3) is 11.0 Å². The summed E-state index contributed by atoms with van der Waals surface area (Å²) < 4.78 is 45.9. The van der Waals surface area contributed by atoms with Gasteiger partial charge in [-0.05, 0) is 42.5 Å². The number of ether oxygens (including phenoxy) is 1. The maximum atomic E-state index is 12.9. The Kier molecular flexibility index (Phi) is 4.64. The van der Waals surface area contributed by atoms with Crippen LogP contribution in [0.3, 0.4) is 0 Å². The largest absolute Gasteiger partial charge is 0.416 e. The van der Waals surface area contributed by atoms with Crippen LogP contribution in [0.4, 0.5) is 18.9 Å². The van der Waals surface area contributed by atoms with Gasteiger partial charge in [-0.3, -0.25) is 4.57 Å². The van der Waals surface area contributed by atoms with Crippen molar-refractivity contribution in [2.24, 2.45) is 4.99 Å². The van der Waals surface area contributed by atoms with Gasteiger partial charge in [-0.25, -0.2) is 9.98 Å². The van der Waals surface area contributed by atoms with E-state index in [1.807, 2.05) is 39.8 Å². The van der Waals surface area contributed by atoms with E-state index < -0.39 is 11.7 Å². The molecule has 2 heterocycles. The van der Waals surface area contributed by atoms with Crippen molar-refractivity contribution in [2.75, 3.05) is 18.6 Å². The second-order valence-electron chi connectivity index (χ2n) is 6.25. The van der Waals surface area contributed by atoms with Gasteiger partial charge in [0.05, 0.1) is 16.6 Å². The highest BCUT2D eigenvalue weighted by molar-refractivity contribution is 6.03. The Hall–Kier alpha value is -3.13. The number of benzene rings is 2. The molecule has 1 aromatic heterocycles. The van der Waals surface area contributed by atoms with Crippen LogP contribution >= 0.6 is 0 Å². The summed E-state index contributed by atoms with van der Waals surface area (Å²) in [7, 11) is 1.58. The van der Waals surface area contributed by atoms with Gasteiger partial charge in [0.25, 0.3) is 0 Å². The quantitative estimate of drug-likeness (QED) is 0.668. The van der Waals surface area contributed by atoms with E-state index in [-0.39, 0.29) is 6.61 Å². The van der Waals surface area contributed by atoms with E-state index in [4.69, 9.17) is 4.74 Å². The average molecular weight is 386 g/mol. The van der Waals surface area contributed by atoms with E-state index in [1.165, 1.54) is 12.1 Å². The Bertz CT molecular complexity index is 1050. The summed E-state index contributed by atoms with van der Waals surface area (Å²) in [6.07, 6.45) is -0.846. The van der Waals surface area contributed by atoms with Crippen molar-refractivity contribution in [3.63, 3.8) is 0 Å². The van der Waals surface area contributed by atoms with Crippen molar-refractivity contribution in [2.45, 2.75) is 12.8 Å². The van der Waals surface area contributed by atoms with E-state index in [0.717, 1.165) is 23.2 Å². The fraction of sp³-hybridized carbons (Fsp3) is 0.200. The maximum absolute atomic E-state index is 12.9. The number of methoxy groups -OCH3 is 1. The molecule has 8 heteroatoms. The predicted octanol–water partition coefficient (Wildman–Crippen LogP) is 4.44. The monoisotopic (exact) mass is 386 g/mol. The molecule has 0 N–H and O–H groups in total. The molecule has 3 aromatic rings. The highest BCUT2D eigenvalue weighted by Crippen LogP contribution is 2.31. The minimum absolute atomic E-state index is 0.276. The summed E-state index contributed by atoms with van der Waals surface area (Å²) in [5, 5.41) is 0. The van der Waals surface area contributed by atoms with E-state index >= 15 is 0 Å². The zero-order valence-electron chi connectivity index (χ0n) is 15.0. The Labute approximate surface area is 159 Å². The summed E-state index contributed by atoms with van der Waals surface area (Å²) in [5.41, 5.74) is 1.56. The number of anilines is 1. The predicted molar refractivity (Wildman–Crippen MR) is 101 cm³/mol. The summed E-state index contributed by atoms with van der Waals surface area (Å²) in [6, 6.07) is 12.7. The van der Waals surface area contributed by atoms with Crippen molar-refractivity contribution in [1.82, 2.24) is 9.55 Å². The third kappa shape index (κ3) is 3.27. The molecule has 0 amide bonds. The number of fused-ring (bicyclic) bond motifs is 1. The Morgan fingerprint density at radius 3 is 2.54 bits per heavy atom. The molecular weight excluding hydrogens is 369 g/mol. The number of para-hydroxylation sites is 2. The van der Waals surface area contributed by atoms with Gasteiger partial charge in [0, 0.05) is 25.5 Å². The molecule has 0 radical (unpaired) electrons. The third-order valence-electron chi connectivity index (χ3n) is 4.43. The Balaban J connectivity index is 1.80. The van der Waals surface area contributed by atoms with Crippen molar-refractivity contribution < 1.29 is 17.9 Å². The summed E-state index contributed by atoms with van der Waals surface area (Å²) in [4.78, 5) is 11.0. The molecule has 0 bridgehead atoms. The molecule has 0 aliphatic carbocycles. The maximum Gasteiger partial charge on any atom is 0.416 e. The van der Waals surface area contributed by atoms with E-state index in [1.54, 1.807) is 13.3 Å². The lowest BCUT2D eigenvalue weighted by molar-refractivity contribution is -0.137. The van der Waals surface area contributed by atoms with Crippen LogP contribution in [0.2, 0.25) is 0 Å². The lowest BCUT2D eigenvalue weighted by atomic mass is 10.2. The standard InChI is InChI=1S/C20H17F3N4O/c1-28-13-18-25-16-5-2-3-6-17(16)27(18)19-24-11-4-12-26(19)15-9-7-14(8-10-15)20(21,22)23/h2-11H,12-13H2,1H3. The molecule has 144 valence electrons. The van der Waals surface area contributed by atoms with Crippen LogP contribution in [0, 0.1) is 0 Å². The molecule has 1 aliphatic heterocycles. The summed E-state index contributed by atoms with van der Waals surface area (Å²) >= 11 is 0. The molecule has 1 aliphatic rings. The first-order valence-corrected chi connectivity index (χ1v) is 8.62. The fourth-order valence-electron chi connectivity index (χ4n) is 3.18. The van der Waals surface area contributed by atoms with Gasteiger partial charge in [0.15, 0.2) is 0 Å². The lowest BCUT2D eigenvalue weighted by Crippen LogP contribution is -2.38. The van der Waals surface area contributed by atoms with Crippen molar-refractivity contribution in [3.05, 3.63) is 72.2 Å². The zero-order chi connectivity index (χ0) is 19.7. The molecule has 0 fully saturated rings. The fourth-order valence-corrected chi connectivity index (χ4v) is 3.18. The molecule has 2 aromatic carbocycles. The number of imidazole rings is 1. The van der Waals surface area contributed by atoms with Gasteiger partial charge >= 0.3 is 6.18 Å². The van der Waals surface area contributed by atoms with Gasteiger partial charge in [0.2, 0.25) is 5.96 Å². The van der Waals surface area contributed by atoms with Crippen molar-refractivity contribution in [3.8, 4) is 0 Å². The first kappa shape index (κ1) is 18.2. The number of alkyl halides is 3. The first-order chi connectivity index (χ1) is 13.5. The number of nitrogens with zero attached hydrogens (tertiary/aromatic N) is 4. The Morgan fingerprint density at radius 2 is 1.82 bits per heavy atom. The minimum atomic E-state index is -4.37. The molecule has 28 heavy (non-hydrogen) atoms. The van der Waals surface area contributed by atoms with E-state index in [9.17, 15) is 13.2 Å². The van der Waals surface area contributed by atoms with Gasteiger partial charge in [-0.1, -0.05) is 12.1 Å². The van der Waals surface area contributed by atoms with E-state index in [0.29, 0.717) is 24.0 Å². The van der Waals surface area contributed by atoms with Gasteiger partial charge in [-0.2, -0.15) is 13.2 Å². The summed E-state index contributed by atoms with van der Waals surface area (Å²) in [5.74, 6) is 1.22. The minimum Gasteiger partial charge on any atom is -0.377 e. The molecule has 0 atom stereocenters. The van der Waals surface area contributed by atoms with Crippen LogP contribution < -0.4 is 4.90 Å². The molecular formula is C20H17F3N4O. The van der Waals surface area contributed by atoms with Crippen LogP contribution in [-0.2, 0) is 17.5 Å². The van der Waals surface area contributed by atoms with Gasteiger partial charge in [-0.15, -0.1) is 0 Å². The second kappa shape index (κ2) is 7.12. The highest BCUT2D eigenvalue weighted by Gasteiger charge is 2.30. The molecule has 4 rings (SSSR count). The van der Waals surface area contributed by atoms with Crippen molar-refractivity contribution in [1.29, 1.82) is 0 Å². The normalized spacial score (nSPS) is 14.6. The average Bonchev–Trinajstić information content (AvgIpc) is 3.05. The van der Waals surface area contributed by atoms with Crippen molar-refractivity contribution >= 4 is 22.7 Å². The van der Waals surface area contributed by atoms with E-state index in [2.05, 4.69) is 9.98 Å². The number of aromatic nitrogens is 2. The smallest absolute Gasteiger partial charge is 0.377 e. The number of rotatable bonds is 3. The second-order valence-corrected chi connectivity index (χ2v) is 6.25. The van der Waals surface area contributed by atoms with Crippen LogP contribution in [0.15, 0.2) is 65.8 Å². The SMILES string of the molecule is COCc1nc2ccccc2n1C1=NC=CCN1c1ccc(C(F)(F)F)cc1. The van der Waals surface area contributed by atoms with Gasteiger partial charge < -0.3 is 9.64 Å².